The molecule has 1 saturated carbocycles. The molecule has 1 heterocycles. The van der Waals surface area contributed by atoms with Crippen molar-refractivity contribution >= 4 is 17.4 Å². The van der Waals surface area contributed by atoms with Crippen LogP contribution in [0.2, 0.25) is 5.02 Å². The second-order valence-electron chi connectivity index (χ2n) is 8.72. The Hall–Kier alpha value is -2.19. The third-order valence-corrected chi connectivity index (χ3v) is 6.44. The first kappa shape index (κ1) is 24.0. The Labute approximate surface area is 193 Å². The van der Waals surface area contributed by atoms with Gasteiger partial charge in [-0.1, -0.05) is 11.6 Å². The van der Waals surface area contributed by atoms with Crippen LogP contribution in [-0.2, 0) is 12.7 Å². The van der Waals surface area contributed by atoms with Gasteiger partial charge >= 0.3 is 6.18 Å². The summed E-state index contributed by atoms with van der Waals surface area (Å²) < 4.78 is 73.3. The molecule has 0 unspecified atom stereocenters. The lowest BCUT2D eigenvalue weighted by molar-refractivity contribution is -0.137. The van der Waals surface area contributed by atoms with Gasteiger partial charge in [-0.3, -0.25) is 9.69 Å². The molecule has 2 aromatic rings. The summed E-state index contributed by atoms with van der Waals surface area (Å²) in [5.41, 5.74) is 0.884. The van der Waals surface area contributed by atoms with E-state index in [0.29, 0.717) is 50.5 Å². The highest BCUT2D eigenvalue weighted by Crippen LogP contribution is 2.43. The van der Waals surface area contributed by atoms with Gasteiger partial charge in [0.15, 0.2) is 17.3 Å². The van der Waals surface area contributed by atoms with Gasteiger partial charge in [-0.15, -0.1) is 0 Å². The van der Waals surface area contributed by atoms with Crippen molar-refractivity contribution in [3.8, 4) is 5.75 Å². The fourth-order valence-corrected chi connectivity index (χ4v) is 4.44. The van der Waals surface area contributed by atoms with E-state index in [1.165, 1.54) is 13.0 Å². The summed E-state index contributed by atoms with van der Waals surface area (Å²) in [5.74, 6) is -2.01. The van der Waals surface area contributed by atoms with Gasteiger partial charge < -0.3 is 4.74 Å². The van der Waals surface area contributed by atoms with Crippen molar-refractivity contribution in [2.45, 2.75) is 57.3 Å². The highest BCUT2D eigenvalue weighted by molar-refractivity contribution is 6.31. The van der Waals surface area contributed by atoms with Crippen LogP contribution in [-0.4, -0.2) is 29.9 Å². The zero-order chi connectivity index (χ0) is 23.9. The van der Waals surface area contributed by atoms with Gasteiger partial charge in [0.2, 0.25) is 0 Å². The number of ether oxygens (including phenoxy) is 1. The van der Waals surface area contributed by atoms with Crippen molar-refractivity contribution < 1.29 is 31.5 Å². The zero-order valence-corrected chi connectivity index (χ0v) is 18.7. The van der Waals surface area contributed by atoms with Gasteiger partial charge in [0.1, 0.15) is 11.9 Å². The standard InChI is InChI=1S/C24H23ClF5NO2/c1-13(32)18-11-19(14-2-3-14)15(8-21(18)26)12-31-6-4-17(5-7-31)33-22-10-16(24(28,29)30)9-20(25)23(22)27/h8-11,14,17H,2-7,12H2,1H3. The van der Waals surface area contributed by atoms with Crippen molar-refractivity contribution in [2.24, 2.45) is 0 Å². The summed E-state index contributed by atoms with van der Waals surface area (Å²) in [7, 11) is 0. The first-order valence-electron chi connectivity index (χ1n) is 10.8. The molecule has 1 saturated heterocycles. The molecule has 0 bridgehead atoms. The van der Waals surface area contributed by atoms with E-state index in [4.69, 9.17) is 16.3 Å². The lowest BCUT2D eigenvalue weighted by Crippen LogP contribution is -2.38. The van der Waals surface area contributed by atoms with Crippen LogP contribution in [0, 0.1) is 11.6 Å². The van der Waals surface area contributed by atoms with E-state index < -0.39 is 40.3 Å². The highest BCUT2D eigenvalue weighted by Gasteiger charge is 2.34. The highest BCUT2D eigenvalue weighted by atomic mass is 35.5. The van der Waals surface area contributed by atoms with Gasteiger partial charge in [-0.25, -0.2) is 8.78 Å². The number of hydrogen-bond acceptors (Lipinski definition) is 3. The number of nitrogens with zero attached hydrogens (tertiary/aromatic N) is 1. The molecule has 2 aromatic carbocycles. The normalized spacial score (nSPS) is 17.9. The number of benzene rings is 2. The Morgan fingerprint density at radius 2 is 1.76 bits per heavy atom. The average Bonchev–Trinajstić information content (AvgIpc) is 3.57. The second-order valence-corrected chi connectivity index (χ2v) is 9.13. The molecule has 0 spiro atoms. The fraction of sp³-hybridized carbons (Fsp3) is 0.458. The monoisotopic (exact) mass is 487 g/mol. The Kier molecular flexibility index (Phi) is 6.69. The van der Waals surface area contributed by atoms with Gasteiger partial charge in [-0.2, -0.15) is 13.2 Å². The van der Waals surface area contributed by atoms with Crippen LogP contribution >= 0.6 is 11.6 Å². The summed E-state index contributed by atoms with van der Waals surface area (Å²) >= 11 is 5.63. The summed E-state index contributed by atoms with van der Waals surface area (Å²) in [6, 6.07) is 4.28. The Morgan fingerprint density at radius 3 is 2.33 bits per heavy atom. The molecule has 1 aliphatic carbocycles. The first-order valence-corrected chi connectivity index (χ1v) is 11.2. The maximum absolute atomic E-state index is 14.4. The van der Waals surface area contributed by atoms with Crippen molar-refractivity contribution in [3.63, 3.8) is 0 Å². The number of hydrogen-bond donors (Lipinski definition) is 0. The van der Waals surface area contributed by atoms with Crippen LogP contribution in [0.4, 0.5) is 22.0 Å². The van der Waals surface area contributed by atoms with Crippen molar-refractivity contribution in [1.29, 1.82) is 0 Å². The van der Waals surface area contributed by atoms with Crippen LogP contribution in [0.1, 0.15) is 65.6 Å². The number of piperidine rings is 1. The van der Waals surface area contributed by atoms with Crippen LogP contribution < -0.4 is 4.74 Å². The third-order valence-electron chi connectivity index (χ3n) is 6.17. The van der Waals surface area contributed by atoms with Crippen LogP contribution in [0.5, 0.6) is 5.75 Å². The molecule has 3 nitrogen and oxygen atoms in total. The minimum Gasteiger partial charge on any atom is -0.487 e. The van der Waals surface area contributed by atoms with E-state index in [1.54, 1.807) is 6.07 Å². The lowest BCUT2D eigenvalue weighted by atomic mass is 9.96. The SMILES string of the molecule is CC(=O)c1cc(C2CC2)c(CN2CCC(Oc3cc(C(F)(F)F)cc(Cl)c3F)CC2)cc1F. The molecule has 4 rings (SSSR count). The van der Waals surface area contributed by atoms with Crippen molar-refractivity contribution in [3.05, 3.63) is 63.2 Å². The maximum Gasteiger partial charge on any atom is 0.416 e. The molecule has 0 amide bonds. The molecule has 0 N–H and O–H groups in total. The largest absolute Gasteiger partial charge is 0.487 e. The van der Waals surface area contributed by atoms with Gasteiger partial charge in [0, 0.05) is 19.6 Å². The quantitative estimate of drug-likeness (QED) is 0.333. The lowest BCUT2D eigenvalue weighted by Gasteiger charge is -2.33. The molecular weight excluding hydrogens is 465 g/mol. The zero-order valence-electron chi connectivity index (χ0n) is 17.9. The number of carbonyl (C=O) groups is 1. The predicted octanol–water partition coefficient (Wildman–Crippen LogP) is 6.76. The summed E-state index contributed by atoms with van der Waals surface area (Å²) in [6.45, 7) is 2.95. The third kappa shape index (κ3) is 5.49. The molecule has 2 fully saturated rings. The number of carbonyl (C=O) groups excluding carboxylic acids is 1. The van der Waals surface area contributed by atoms with Crippen LogP contribution in [0.25, 0.3) is 0 Å². The number of halogens is 6. The summed E-state index contributed by atoms with van der Waals surface area (Å²) in [6.07, 6.45) is -2.16. The Balaban J connectivity index is 1.42. The molecule has 0 aromatic heterocycles. The van der Waals surface area contributed by atoms with Crippen molar-refractivity contribution in [1.82, 2.24) is 4.90 Å². The molecule has 0 radical (unpaired) electrons. The number of rotatable bonds is 6. The fourth-order valence-electron chi connectivity index (χ4n) is 4.23. The Morgan fingerprint density at radius 1 is 1.09 bits per heavy atom. The van der Waals surface area contributed by atoms with E-state index in [9.17, 15) is 26.7 Å². The smallest absolute Gasteiger partial charge is 0.416 e. The van der Waals surface area contributed by atoms with Crippen LogP contribution in [0.15, 0.2) is 24.3 Å². The van der Waals surface area contributed by atoms with E-state index >= 15 is 0 Å². The van der Waals surface area contributed by atoms with Crippen LogP contribution in [0.3, 0.4) is 0 Å². The number of Topliss-reactive ketones (excluding diaryl/α,β-unsaturated/α-hetero) is 1. The van der Waals surface area contributed by atoms with E-state index in [-0.39, 0.29) is 11.3 Å². The second kappa shape index (κ2) is 9.22. The Bertz CT molecular complexity index is 1060. The topological polar surface area (TPSA) is 29.5 Å². The van der Waals surface area contributed by atoms with E-state index in [2.05, 4.69) is 4.90 Å². The predicted molar refractivity (Wildman–Crippen MR) is 114 cm³/mol. The van der Waals surface area contributed by atoms with E-state index in [0.717, 1.165) is 24.0 Å². The molecule has 9 heteroatoms. The summed E-state index contributed by atoms with van der Waals surface area (Å²) in [4.78, 5) is 13.8. The number of ketones is 1. The van der Waals surface area contributed by atoms with Gasteiger partial charge in [-0.05, 0) is 73.9 Å². The van der Waals surface area contributed by atoms with Crippen molar-refractivity contribution in [2.75, 3.05) is 13.1 Å². The molecular formula is C24H23ClF5NO2. The van der Waals surface area contributed by atoms with Gasteiger partial charge in [0.25, 0.3) is 0 Å². The minimum absolute atomic E-state index is 0.106. The number of likely N-dealkylation sites (tertiary alicyclic amines) is 1. The molecule has 2 aliphatic rings. The molecule has 0 atom stereocenters. The summed E-state index contributed by atoms with van der Waals surface area (Å²) in [5, 5.41) is -0.638. The molecule has 33 heavy (non-hydrogen) atoms. The maximum atomic E-state index is 14.4. The molecule has 1 aliphatic heterocycles. The minimum atomic E-state index is -4.66. The van der Waals surface area contributed by atoms with E-state index in [1.807, 2.05) is 0 Å². The average molecular weight is 488 g/mol. The van der Waals surface area contributed by atoms with Gasteiger partial charge in [0.05, 0.1) is 16.1 Å². The molecule has 178 valence electrons. The first-order chi connectivity index (χ1) is 15.5. The number of alkyl halides is 3.